The molecule has 46 heavy (non-hydrogen) atoms. The first-order valence-corrected chi connectivity index (χ1v) is 15.6. The molecule has 0 fully saturated rings. The molecule has 3 nitrogen and oxygen atoms in total. The van der Waals surface area contributed by atoms with E-state index in [1.165, 1.54) is 27.2 Å². The van der Waals surface area contributed by atoms with Crippen LogP contribution in [0.1, 0.15) is 0 Å². The summed E-state index contributed by atoms with van der Waals surface area (Å²) in [5.41, 5.74) is 10.8. The zero-order valence-electron chi connectivity index (χ0n) is 24.8. The lowest BCUT2D eigenvalue weighted by atomic mass is 9.94. The fourth-order valence-corrected chi connectivity index (χ4v) is 7.39. The number of hydrogen-bond donors (Lipinski definition) is 0. The molecule has 0 atom stereocenters. The number of pyridine rings is 1. The molecule has 0 amide bonds. The molecule has 0 aliphatic heterocycles. The normalized spacial score (nSPS) is 11.9. The second kappa shape index (κ2) is 9.65. The summed E-state index contributed by atoms with van der Waals surface area (Å²) in [7, 11) is 0. The molecule has 0 bridgehead atoms. The second-order valence-corrected chi connectivity index (χ2v) is 11.9. The lowest BCUT2D eigenvalue weighted by molar-refractivity contribution is 0.671. The van der Waals surface area contributed by atoms with Crippen LogP contribution in [-0.2, 0) is 0 Å². The van der Waals surface area contributed by atoms with Crippen LogP contribution in [0.2, 0.25) is 0 Å². The van der Waals surface area contributed by atoms with E-state index in [0.29, 0.717) is 0 Å². The van der Waals surface area contributed by atoms with Crippen LogP contribution < -0.4 is 0 Å². The number of para-hydroxylation sites is 4. The SMILES string of the molecule is c1ccc(-n2c3ccccc3c3cc(-c4cccc5c4oc4c(-c6cccc7ccc8cccnc8c67)cccc45)ccc32)cc1. The maximum absolute atomic E-state index is 6.93. The van der Waals surface area contributed by atoms with Gasteiger partial charge in [-0.15, -0.1) is 0 Å². The number of rotatable bonds is 3. The van der Waals surface area contributed by atoms with Crippen LogP contribution in [0.15, 0.2) is 162 Å². The maximum Gasteiger partial charge on any atom is 0.143 e. The molecule has 214 valence electrons. The van der Waals surface area contributed by atoms with E-state index in [2.05, 4.69) is 150 Å². The van der Waals surface area contributed by atoms with Crippen LogP contribution in [0.5, 0.6) is 0 Å². The van der Waals surface area contributed by atoms with Crippen LogP contribution in [0.4, 0.5) is 0 Å². The number of nitrogens with zero attached hydrogens (tertiary/aromatic N) is 2. The molecule has 10 rings (SSSR count). The largest absolute Gasteiger partial charge is 0.455 e. The van der Waals surface area contributed by atoms with Crippen molar-refractivity contribution in [2.75, 3.05) is 0 Å². The molecule has 10 aromatic rings. The Morgan fingerprint density at radius 3 is 2.02 bits per heavy atom. The van der Waals surface area contributed by atoms with Crippen LogP contribution in [0.25, 0.3) is 93.4 Å². The average Bonchev–Trinajstić information content (AvgIpc) is 3.67. The van der Waals surface area contributed by atoms with Crippen LogP contribution in [0.3, 0.4) is 0 Å². The predicted octanol–water partition coefficient (Wildman–Crippen LogP) is 11.7. The van der Waals surface area contributed by atoms with Gasteiger partial charge in [-0.25, -0.2) is 0 Å². The highest BCUT2D eigenvalue weighted by molar-refractivity contribution is 6.19. The number of aromatic nitrogens is 2. The van der Waals surface area contributed by atoms with Gasteiger partial charge in [0.25, 0.3) is 0 Å². The minimum absolute atomic E-state index is 0.896. The molecule has 3 heteroatoms. The van der Waals surface area contributed by atoms with Crippen LogP contribution in [-0.4, -0.2) is 9.55 Å². The van der Waals surface area contributed by atoms with Crippen molar-refractivity contribution in [3.8, 4) is 27.9 Å². The van der Waals surface area contributed by atoms with Crippen molar-refractivity contribution in [3.63, 3.8) is 0 Å². The van der Waals surface area contributed by atoms with E-state index in [1.54, 1.807) is 0 Å². The zero-order valence-corrected chi connectivity index (χ0v) is 24.8. The summed E-state index contributed by atoms with van der Waals surface area (Å²) in [6, 6.07) is 54.0. The fraction of sp³-hybridized carbons (Fsp3) is 0. The average molecular weight is 587 g/mol. The Hall–Kier alpha value is -6.19. The standard InChI is InChI=1S/C43H26N2O/c1-2-12-30(13-3-1)45-38-20-5-4-14-32(38)37-26-29(23-24-39(37)45)31-15-7-18-35-36-19-8-17-34(43(36)46-42(31)35)33-16-6-10-27-21-22-28-11-9-25-44-41(28)40(27)33/h1-26H. The third-order valence-electron chi connectivity index (χ3n) is 9.43. The Morgan fingerprint density at radius 2 is 1.13 bits per heavy atom. The zero-order chi connectivity index (χ0) is 30.2. The molecule has 0 aliphatic carbocycles. The fourth-order valence-electron chi connectivity index (χ4n) is 7.39. The third-order valence-corrected chi connectivity index (χ3v) is 9.43. The molecule has 0 unspecified atom stereocenters. The molecular formula is C43H26N2O. The molecule has 0 radical (unpaired) electrons. The van der Waals surface area contributed by atoms with Gasteiger partial charge in [-0.3, -0.25) is 4.98 Å². The molecule has 0 aliphatic rings. The minimum atomic E-state index is 0.896. The van der Waals surface area contributed by atoms with Crippen LogP contribution in [0, 0.1) is 0 Å². The summed E-state index contributed by atoms with van der Waals surface area (Å²) in [4.78, 5) is 4.81. The van der Waals surface area contributed by atoms with Gasteiger partial charge < -0.3 is 8.98 Å². The Kier molecular flexibility index (Phi) is 5.28. The summed E-state index contributed by atoms with van der Waals surface area (Å²) >= 11 is 0. The summed E-state index contributed by atoms with van der Waals surface area (Å²) in [5.74, 6) is 0. The van der Waals surface area contributed by atoms with Gasteiger partial charge in [-0.1, -0.05) is 115 Å². The van der Waals surface area contributed by atoms with Crippen molar-refractivity contribution in [2.24, 2.45) is 0 Å². The Balaban J connectivity index is 1.22. The van der Waals surface area contributed by atoms with Crippen molar-refractivity contribution in [2.45, 2.75) is 0 Å². The number of fused-ring (bicyclic) bond motifs is 9. The first-order chi connectivity index (χ1) is 22.8. The molecule has 3 aromatic heterocycles. The van der Waals surface area contributed by atoms with E-state index in [0.717, 1.165) is 66.2 Å². The van der Waals surface area contributed by atoms with E-state index >= 15 is 0 Å². The summed E-state index contributed by atoms with van der Waals surface area (Å²) < 4.78 is 9.29. The second-order valence-electron chi connectivity index (χ2n) is 11.9. The van der Waals surface area contributed by atoms with Gasteiger partial charge in [0.05, 0.1) is 16.6 Å². The molecular weight excluding hydrogens is 560 g/mol. The van der Waals surface area contributed by atoms with E-state index in [4.69, 9.17) is 9.40 Å². The monoisotopic (exact) mass is 586 g/mol. The lowest BCUT2D eigenvalue weighted by Gasteiger charge is -2.10. The van der Waals surface area contributed by atoms with E-state index in [-0.39, 0.29) is 0 Å². The van der Waals surface area contributed by atoms with Gasteiger partial charge >= 0.3 is 0 Å². The first-order valence-electron chi connectivity index (χ1n) is 15.6. The van der Waals surface area contributed by atoms with E-state index < -0.39 is 0 Å². The van der Waals surface area contributed by atoms with Gasteiger partial charge in [0, 0.05) is 55.3 Å². The number of furan rings is 1. The predicted molar refractivity (Wildman–Crippen MR) is 192 cm³/mol. The summed E-state index contributed by atoms with van der Waals surface area (Å²) in [6.07, 6.45) is 1.88. The first kappa shape index (κ1) is 25.2. The molecule has 0 saturated carbocycles. The highest BCUT2D eigenvalue weighted by atomic mass is 16.3. The lowest BCUT2D eigenvalue weighted by Crippen LogP contribution is -1.92. The summed E-state index contributed by atoms with van der Waals surface area (Å²) in [5, 5.41) is 8.13. The number of benzene rings is 7. The van der Waals surface area contributed by atoms with Crippen LogP contribution >= 0.6 is 0 Å². The van der Waals surface area contributed by atoms with E-state index in [9.17, 15) is 0 Å². The van der Waals surface area contributed by atoms with Gasteiger partial charge in [-0.05, 0) is 52.9 Å². The van der Waals surface area contributed by atoms with Crippen molar-refractivity contribution in [1.29, 1.82) is 0 Å². The Bertz CT molecular complexity index is 2800. The molecule has 0 N–H and O–H groups in total. The van der Waals surface area contributed by atoms with Crippen molar-refractivity contribution >= 4 is 65.4 Å². The van der Waals surface area contributed by atoms with Crippen molar-refractivity contribution in [3.05, 3.63) is 158 Å². The van der Waals surface area contributed by atoms with E-state index in [1.807, 2.05) is 12.3 Å². The summed E-state index contributed by atoms with van der Waals surface area (Å²) in [6.45, 7) is 0. The highest BCUT2D eigenvalue weighted by Crippen LogP contribution is 2.43. The minimum Gasteiger partial charge on any atom is -0.455 e. The third kappa shape index (κ3) is 3.57. The van der Waals surface area contributed by atoms with Gasteiger partial charge in [0.15, 0.2) is 0 Å². The highest BCUT2D eigenvalue weighted by Gasteiger charge is 2.19. The molecule has 0 spiro atoms. The van der Waals surface area contributed by atoms with Gasteiger partial charge in [0.1, 0.15) is 11.2 Å². The van der Waals surface area contributed by atoms with Gasteiger partial charge in [-0.2, -0.15) is 0 Å². The quantitative estimate of drug-likeness (QED) is 0.193. The van der Waals surface area contributed by atoms with Crippen molar-refractivity contribution < 1.29 is 4.42 Å². The number of hydrogen-bond acceptors (Lipinski definition) is 2. The Labute approximate surface area is 264 Å². The topological polar surface area (TPSA) is 31.0 Å². The maximum atomic E-state index is 6.93. The molecule has 3 heterocycles. The molecule has 7 aromatic carbocycles. The Morgan fingerprint density at radius 1 is 0.457 bits per heavy atom. The van der Waals surface area contributed by atoms with Gasteiger partial charge in [0.2, 0.25) is 0 Å². The van der Waals surface area contributed by atoms with Crippen molar-refractivity contribution in [1.82, 2.24) is 9.55 Å². The smallest absolute Gasteiger partial charge is 0.143 e. The molecule has 0 saturated heterocycles.